The summed E-state index contributed by atoms with van der Waals surface area (Å²) < 4.78 is 41.9. The molecular formula is C22H24N2O8PtS2. The van der Waals surface area contributed by atoms with Crippen LogP contribution in [0.4, 0.5) is 0 Å². The first-order valence-corrected chi connectivity index (χ1v) is 12.2. The number of rotatable bonds is 4. The van der Waals surface area contributed by atoms with Crippen LogP contribution < -0.4 is 21.7 Å². The van der Waals surface area contributed by atoms with Crippen LogP contribution in [0.3, 0.4) is 0 Å². The van der Waals surface area contributed by atoms with Gasteiger partial charge in [-0.15, -0.1) is 0 Å². The van der Waals surface area contributed by atoms with Crippen LogP contribution in [0, 0.1) is 0 Å². The fourth-order valence-corrected chi connectivity index (χ4v) is 3.86. The van der Waals surface area contributed by atoms with E-state index in [-0.39, 0.29) is 44.3 Å². The molecule has 2 atom stereocenters. The van der Waals surface area contributed by atoms with E-state index in [1.165, 1.54) is 37.1 Å². The van der Waals surface area contributed by atoms with E-state index in [9.17, 15) is 36.6 Å². The zero-order valence-electron chi connectivity index (χ0n) is 18.3. The van der Waals surface area contributed by atoms with Crippen molar-refractivity contribution >= 4 is 42.3 Å². The second-order valence-corrected chi connectivity index (χ2v) is 8.80. The van der Waals surface area contributed by atoms with Crippen molar-refractivity contribution in [3.63, 3.8) is 0 Å². The Morgan fingerprint density at radius 2 is 0.943 bits per heavy atom. The molecule has 1 fully saturated rings. The molecule has 2 aromatic carbocycles. The fraction of sp³-hybridized carbons (Fsp3) is 0.273. The maximum atomic E-state index is 10.5. The number of hydrogen-bond donors (Lipinski definition) is 2. The van der Waals surface area contributed by atoms with Crippen LogP contribution in [0.25, 0.3) is 0 Å². The van der Waals surface area contributed by atoms with Crippen molar-refractivity contribution in [1.82, 2.24) is 0 Å². The summed E-state index contributed by atoms with van der Waals surface area (Å²) in [7, 11) is -5.56. The first-order valence-electron chi connectivity index (χ1n) is 10.0. The standard InChI is InChI=1S/2C8H6O4S.C6H14N2.Pt/c2*9-8(10)7(13(11)12)6-4-2-1-3-5-6;7-5-3-1-2-4-6(5)8;/h2*1-5H,(H,9,10);5-6H,1-4,7-8H2;/q;;;+2/p-2/t;;5-,6-;/m..1./s1. The van der Waals surface area contributed by atoms with Gasteiger partial charge in [0, 0.05) is 12.1 Å². The Hall–Kier alpha value is -2.63. The van der Waals surface area contributed by atoms with Crippen LogP contribution in [0.5, 0.6) is 0 Å². The molecule has 0 saturated heterocycles. The van der Waals surface area contributed by atoms with Crippen molar-refractivity contribution in [2.24, 2.45) is 11.5 Å². The summed E-state index contributed by atoms with van der Waals surface area (Å²) in [5.41, 5.74) is 11.5. The number of carboxylic acids is 2. The number of carbonyl (C=O) groups excluding carboxylic acids is 2. The molecule has 35 heavy (non-hydrogen) atoms. The van der Waals surface area contributed by atoms with E-state index >= 15 is 0 Å². The molecule has 0 radical (unpaired) electrons. The van der Waals surface area contributed by atoms with Crippen molar-refractivity contribution in [3.05, 3.63) is 71.8 Å². The van der Waals surface area contributed by atoms with Gasteiger partial charge in [-0.25, -0.2) is 0 Å². The van der Waals surface area contributed by atoms with Gasteiger partial charge >= 0.3 is 21.1 Å². The minimum Gasteiger partial charge on any atom is -0.544 e. The second-order valence-electron chi connectivity index (χ2n) is 7.05. The summed E-state index contributed by atoms with van der Waals surface area (Å²) >= 11 is 0. The molecule has 0 aliphatic heterocycles. The monoisotopic (exact) mass is 703 g/mol. The Balaban J connectivity index is 0.000000503. The summed E-state index contributed by atoms with van der Waals surface area (Å²) in [4.78, 5) is 19.4. The molecule has 0 unspecified atom stereocenters. The van der Waals surface area contributed by atoms with Gasteiger partial charge in [-0.1, -0.05) is 73.5 Å². The van der Waals surface area contributed by atoms with Crippen LogP contribution in [-0.4, -0.2) is 50.6 Å². The van der Waals surface area contributed by atoms with Crippen molar-refractivity contribution in [2.75, 3.05) is 0 Å². The van der Waals surface area contributed by atoms with E-state index in [2.05, 4.69) is 0 Å². The fourth-order valence-electron chi connectivity index (χ4n) is 2.93. The molecule has 1 aliphatic rings. The maximum Gasteiger partial charge on any atom is 2.00 e. The van der Waals surface area contributed by atoms with Gasteiger partial charge in [-0.2, -0.15) is 16.8 Å². The van der Waals surface area contributed by atoms with Gasteiger partial charge < -0.3 is 31.3 Å². The van der Waals surface area contributed by atoms with Gasteiger partial charge in [0.1, 0.15) is 9.73 Å². The van der Waals surface area contributed by atoms with Crippen LogP contribution >= 0.6 is 0 Å². The van der Waals surface area contributed by atoms with Gasteiger partial charge in [-0.05, 0) is 24.0 Å². The van der Waals surface area contributed by atoms with Crippen LogP contribution in [0.2, 0.25) is 0 Å². The van der Waals surface area contributed by atoms with Gasteiger partial charge in [0.25, 0.3) is 0 Å². The smallest absolute Gasteiger partial charge is 0.544 e. The van der Waals surface area contributed by atoms with Crippen LogP contribution in [0.15, 0.2) is 60.7 Å². The third-order valence-corrected chi connectivity index (χ3v) is 6.12. The predicted molar refractivity (Wildman–Crippen MR) is 123 cm³/mol. The van der Waals surface area contributed by atoms with E-state index in [0.717, 1.165) is 12.8 Å². The zero-order chi connectivity index (χ0) is 25.7. The first-order chi connectivity index (χ1) is 16.1. The first kappa shape index (κ1) is 32.4. The van der Waals surface area contributed by atoms with Crippen molar-refractivity contribution in [2.45, 2.75) is 37.8 Å². The number of benzene rings is 2. The normalized spacial score (nSPS) is 15.9. The minimum atomic E-state index is -2.78. The average Bonchev–Trinajstić information content (AvgIpc) is 2.77. The van der Waals surface area contributed by atoms with Gasteiger partial charge in [0.15, 0.2) is 0 Å². The van der Waals surface area contributed by atoms with Gasteiger partial charge in [0.2, 0.25) is 20.6 Å². The molecule has 0 spiro atoms. The number of aliphatic carboxylic acids is 2. The average molecular weight is 704 g/mol. The Morgan fingerprint density at radius 3 is 1.14 bits per heavy atom. The molecule has 0 heterocycles. The van der Waals surface area contributed by atoms with Crippen molar-refractivity contribution in [3.8, 4) is 0 Å². The maximum absolute atomic E-state index is 10.5. The van der Waals surface area contributed by atoms with Crippen molar-refractivity contribution < 1.29 is 57.7 Å². The summed E-state index contributed by atoms with van der Waals surface area (Å²) in [5, 5.41) is 20.8. The molecule has 1 saturated carbocycles. The number of carbonyl (C=O) groups is 2. The number of hydrogen-bond acceptors (Lipinski definition) is 10. The van der Waals surface area contributed by atoms with E-state index in [0.29, 0.717) is 0 Å². The van der Waals surface area contributed by atoms with Gasteiger partial charge in [0.05, 0.1) is 11.9 Å². The van der Waals surface area contributed by atoms with Gasteiger partial charge in [-0.3, -0.25) is 0 Å². The topological polar surface area (TPSA) is 201 Å². The summed E-state index contributed by atoms with van der Waals surface area (Å²) in [6.07, 6.45) is 4.80. The molecule has 2 aromatic rings. The van der Waals surface area contributed by atoms with E-state index in [1.807, 2.05) is 0 Å². The Bertz CT molecular complexity index is 1130. The van der Waals surface area contributed by atoms with Crippen molar-refractivity contribution in [1.29, 1.82) is 0 Å². The quantitative estimate of drug-likeness (QED) is 0.262. The van der Waals surface area contributed by atoms with E-state index in [4.69, 9.17) is 11.5 Å². The summed E-state index contributed by atoms with van der Waals surface area (Å²) in [5.74, 6) is -3.39. The van der Waals surface area contributed by atoms with E-state index < -0.39 is 42.3 Å². The molecule has 3 rings (SSSR count). The molecule has 0 bridgehead atoms. The predicted octanol–water partition coefficient (Wildman–Crippen LogP) is -2.12. The van der Waals surface area contributed by atoms with E-state index in [1.54, 1.807) is 36.4 Å². The van der Waals surface area contributed by atoms with Crippen LogP contribution in [-0.2, 0) is 51.2 Å². The molecular weight excluding hydrogens is 679 g/mol. The molecule has 13 heteroatoms. The largest absolute Gasteiger partial charge is 2.00 e. The molecule has 0 amide bonds. The Morgan fingerprint density at radius 1 is 0.657 bits per heavy atom. The molecule has 1 aliphatic carbocycles. The zero-order valence-corrected chi connectivity index (χ0v) is 22.2. The SMILES string of the molecule is N[C@@H]1CCCC[C@H]1N.O=C([O-])C(c1ccccc1)=S(=O)=O.O=C([O-])C(c1ccccc1)=S(=O)=O.[Pt+2]. The Labute approximate surface area is 220 Å². The molecule has 192 valence electrons. The third kappa shape index (κ3) is 11.6. The molecule has 4 N–H and O–H groups in total. The number of carboxylic acid groups (broad SMARTS) is 2. The third-order valence-electron chi connectivity index (χ3n) is 4.65. The summed E-state index contributed by atoms with van der Waals surface area (Å²) in [6, 6.07) is 15.6. The Kier molecular flexibility index (Phi) is 15.6. The van der Waals surface area contributed by atoms with Crippen LogP contribution in [0.1, 0.15) is 36.8 Å². The minimum absolute atomic E-state index is 0. The summed E-state index contributed by atoms with van der Waals surface area (Å²) in [6.45, 7) is 0. The number of nitrogens with two attached hydrogens (primary N) is 2. The molecule has 0 aromatic heterocycles. The second kappa shape index (κ2) is 16.9. The molecule has 10 nitrogen and oxygen atoms in total.